The minimum atomic E-state index is -3.70. The number of rotatable bonds is 5. The Balaban J connectivity index is 1.72. The number of halogens is 2. The van der Waals surface area contributed by atoms with E-state index in [1.54, 1.807) is 30.3 Å². The maximum atomic E-state index is 12.4. The van der Waals surface area contributed by atoms with Gasteiger partial charge >= 0.3 is 0 Å². The first-order valence-electron chi connectivity index (χ1n) is 8.20. The molecule has 0 spiro atoms. The van der Waals surface area contributed by atoms with E-state index in [0.29, 0.717) is 27.0 Å². The van der Waals surface area contributed by atoms with E-state index in [2.05, 4.69) is 10.0 Å². The molecule has 3 aromatic rings. The van der Waals surface area contributed by atoms with Gasteiger partial charge < -0.3 is 5.32 Å². The Morgan fingerprint density at radius 3 is 1.96 bits per heavy atom. The first-order chi connectivity index (χ1) is 13.2. The SMILES string of the molecule is Cc1ccc(S(=O)(=O)Nc2ccc(C(=O)Nc3cc(Cl)cc(Cl)c3)cc2)cc1. The highest BCUT2D eigenvalue weighted by Crippen LogP contribution is 2.23. The van der Waals surface area contributed by atoms with Crippen LogP contribution in [0.1, 0.15) is 15.9 Å². The summed E-state index contributed by atoms with van der Waals surface area (Å²) in [4.78, 5) is 12.5. The lowest BCUT2D eigenvalue weighted by atomic mass is 10.2. The Kier molecular flexibility index (Phi) is 5.93. The lowest BCUT2D eigenvalue weighted by Gasteiger charge is -2.10. The molecule has 0 aliphatic heterocycles. The standard InChI is InChI=1S/C20H16Cl2N2O3S/c1-13-2-8-19(9-3-13)28(26,27)24-17-6-4-14(5-7-17)20(25)23-18-11-15(21)10-16(22)12-18/h2-12,24H,1H3,(H,23,25). The highest BCUT2D eigenvalue weighted by Gasteiger charge is 2.14. The second-order valence-electron chi connectivity index (χ2n) is 6.11. The Morgan fingerprint density at radius 2 is 1.39 bits per heavy atom. The molecular weight excluding hydrogens is 419 g/mol. The molecule has 0 aliphatic rings. The topological polar surface area (TPSA) is 75.3 Å². The van der Waals surface area contributed by atoms with Gasteiger partial charge in [-0.2, -0.15) is 0 Å². The number of carbonyl (C=O) groups excluding carboxylic acids is 1. The van der Waals surface area contributed by atoms with Crippen molar-refractivity contribution in [2.45, 2.75) is 11.8 Å². The van der Waals surface area contributed by atoms with E-state index in [1.165, 1.54) is 36.4 Å². The van der Waals surface area contributed by atoms with Gasteiger partial charge in [-0.25, -0.2) is 8.42 Å². The summed E-state index contributed by atoms with van der Waals surface area (Å²) in [7, 11) is -3.70. The van der Waals surface area contributed by atoms with Crippen molar-refractivity contribution in [3.8, 4) is 0 Å². The van der Waals surface area contributed by atoms with Crippen LogP contribution in [-0.2, 0) is 10.0 Å². The zero-order valence-electron chi connectivity index (χ0n) is 14.7. The van der Waals surface area contributed by atoms with E-state index in [4.69, 9.17) is 23.2 Å². The summed E-state index contributed by atoms with van der Waals surface area (Å²) in [5.74, 6) is -0.369. The van der Waals surface area contributed by atoms with Crippen LogP contribution in [0.5, 0.6) is 0 Å². The molecule has 0 fully saturated rings. The maximum absolute atomic E-state index is 12.4. The van der Waals surface area contributed by atoms with E-state index in [1.807, 2.05) is 6.92 Å². The third kappa shape index (κ3) is 5.04. The molecule has 3 rings (SSSR count). The molecule has 5 nitrogen and oxygen atoms in total. The smallest absolute Gasteiger partial charge is 0.261 e. The van der Waals surface area contributed by atoms with E-state index in [-0.39, 0.29) is 10.8 Å². The van der Waals surface area contributed by atoms with Crippen LogP contribution in [0.4, 0.5) is 11.4 Å². The van der Waals surface area contributed by atoms with E-state index in [9.17, 15) is 13.2 Å². The molecular formula is C20H16Cl2N2O3S. The van der Waals surface area contributed by atoms with Gasteiger partial charge in [0, 0.05) is 27.0 Å². The first-order valence-corrected chi connectivity index (χ1v) is 10.4. The first kappa shape index (κ1) is 20.2. The molecule has 0 saturated carbocycles. The van der Waals surface area contributed by atoms with Gasteiger partial charge in [0.25, 0.3) is 15.9 Å². The van der Waals surface area contributed by atoms with Gasteiger partial charge in [0.05, 0.1) is 4.90 Å². The van der Waals surface area contributed by atoms with Crippen molar-refractivity contribution < 1.29 is 13.2 Å². The summed E-state index contributed by atoms with van der Waals surface area (Å²) in [6.45, 7) is 1.88. The molecule has 1 amide bonds. The number of hydrogen-bond acceptors (Lipinski definition) is 3. The Hall–Kier alpha value is -2.54. The molecule has 0 saturated heterocycles. The largest absolute Gasteiger partial charge is 0.322 e. The zero-order chi connectivity index (χ0) is 20.3. The van der Waals surface area contributed by atoms with E-state index in [0.717, 1.165) is 5.56 Å². The molecule has 8 heteroatoms. The fraction of sp³-hybridized carbons (Fsp3) is 0.0500. The van der Waals surface area contributed by atoms with Crippen molar-refractivity contribution in [3.63, 3.8) is 0 Å². The molecule has 0 bridgehead atoms. The van der Waals surface area contributed by atoms with Crippen molar-refractivity contribution in [3.05, 3.63) is 87.9 Å². The molecule has 3 aromatic carbocycles. The molecule has 0 heterocycles. The number of amides is 1. The normalized spacial score (nSPS) is 11.1. The summed E-state index contributed by atoms with van der Waals surface area (Å²) in [5.41, 5.74) is 2.14. The molecule has 0 radical (unpaired) electrons. The van der Waals surface area contributed by atoms with Crippen LogP contribution in [0.2, 0.25) is 10.0 Å². The molecule has 0 unspecified atom stereocenters. The van der Waals surface area contributed by atoms with Crippen LogP contribution in [0, 0.1) is 6.92 Å². The fourth-order valence-electron chi connectivity index (χ4n) is 2.45. The van der Waals surface area contributed by atoms with Gasteiger partial charge in [-0.3, -0.25) is 9.52 Å². The summed E-state index contributed by atoms with van der Waals surface area (Å²) >= 11 is 11.8. The number of anilines is 2. The lowest BCUT2D eigenvalue weighted by Crippen LogP contribution is -2.14. The maximum Gasteiger partial charge on any atom is 0.261 e. The Labute approximate surface area is 173 Å². The predicted molar refractivity (Wildman–Crippen MR) is 113 cm³/mol. The van der Waals surface area contributed by atoms with Crippen molar-refractivity contribution in [1.82, 2.24) is 0 Å². The minimum absolute atomic E-state index is 0.165. The van der Waals surface area contributed by atoms with Crippen LogP contribution < -0.4 is 10.0 Å². The zero-order valence-corrected chi connectivity index (χ0v) is 17.1. The van der Waals surface area contributed by atoms with Crippen LogP contribution >= 0.6 is 23.2 Å². The number of sulfonamides is 1. The average molecular weight is 435 g/mol. The van der Waals surface area contributed by atoms with Crippen LogP contribution in [0.3, 0.4) is 0 Å². The van der Waals surface area contributed by atoms with E-state index >= 15 is 0 Å². The molecule has 144 valence electrons. The van der Waals surface area contributed by atoms with Gasteiger partial charge in [-0.05, 0) is 61.5 Å². The molecule has 0 aliphatic carbocycles. The van der Waals surface area contributed by atoms with Crippen molar-refractivity contribution in [1.29, 1.82) is 0 Å². The minimum Gasteiger partial charge on any atom is -0.322 e. The van der Waals surface area contributed by atoms with Gasteiger partial charge in [0.1, 0.15) is 0 Å². The summed E-state index contributed by atoms with van der Waals surface area (Å²) in [6, 6.07) is 17.3. The lowest BCUT2D eigenvalue weighted by molar-refractivity contribution is 0.102. The molecule has 0 aromatic heterocycles. The highest BCUT2D eigenvalue weighted by molar-refractivity contribution is 7.92. The molecule has 2 N–H and O–H groups in total. The molecule has 0 atom stereocenters. The quantitative estimate of drug-likeness (QED) is 0.567. The Bertz CT molecular complexity index is 1090. The summed E-state index contributed by atoms with van der Waals surface area (Å²) < 4.78 is 27.3. The van der Waals surface area contributed by atoms with Crippen molar-refractivity contribution >= 4 is 50.5 Å². The predicted octanol–water partition coefficient (Wildman–Crippen LogP) is 5.35. The summed E-state index contributed by atoms with van der Waals surface area (Å²) in [5, 5.41) is 3.50. The van der Waals surface area contributed by atoms with Gasteiger partial charge in [-0.15, -0.1) is 0 Å². The monoisotopic (exact) mass is 434 g/mol. The number of carbonyl (C=O) groups is 1. The van der Waals surface area contributed by atoms with Crippen molar-refractivity contribution in [2.24, 2.45) is 0 Å². The average Bonchev–Trinajstić information content (AvgIpc) is 2.61. The number of nitrogens with one attached hydrogen (secondary N) is 2. The third-order valence-corrected chi connectivity index (χ3v) is 5.68. The van der Waals surface area contributed by atoms with Gasteiger partial charge in [0.15, 0.2) is 0 Å². The van der Waals surface area contributed by atoms with E-state index < -0.39 is 10.0 Å². The summed E-state index contributed by atoms with van der Waals surface area (Å²) in [6.07, 6.45) is 0. The second-order valence-corrected chi connectivity index (χ2v) is 8.66. The van der Waals surface area contributed by atoms with Crippen LogP contribution in [0.15, 0.2) is 71.6 Å². The van der Waals surface area contributed by atoms with Gasteiger partial charge in [0.2, 0.25) is 0 Å². The number of aryl methyl sites for hydroxylation is 1. The fourth-order valence-corrected chi connectivity index (χ4v) is 4.04. The van der Waals surface area contributed by atoms with Crippen LogP contribution in [0.25, 0.3) is 0 Å². The third-order valence-electron chi connectivity index (χ3n) is 3.85. The molecule has 28 heavy (non-hydrogen) atoms. The number of hydrogen-bond donors (Lipinski definition) is 2. The van der Waals surface area contributed by atoms with Gasteiger partial charge in [-0.1, -0.05) is 40.9 Å². The van der Waals surface area contributed by atoms with Crippen LogP contribution in [-0.4, -0.2) is 14.3 Å². The second kappa shape index (κ2) is 8.22. The highest BCUT2D eigenvalue weighted by atomic mass is 35.5. The van der Waals surface area contributed by atoms with Crippen molar-refractivity contribution in [2.75, 3.05) is 10.0 Å². The number of benzene rings is 3. The Morgan fingerprint density at radius 1 is 0.821 bits per heavy atom.